The first-order valence-electron chi connectivity index (χ1n) is 4.39. The van der Waals surface area contributed by atoms with Crippen LogP contribution in [0.15, 0.2) is 18.6 Å². The molecule has 12 heavy (non-hydrogen) atoms. The first kappa shape index (κ1) is 6.54. The number of hydrogen-bond donors (Lipinski definition) is 0. The maximum absolute atomic E-state index is 7.57. The summed E-state index contributed by atoms with van der Waals surface area (Å²) in [6.45, 7) is 4.28. The second-order valence-corrected chi connectivity index (χ2v) is 4.07. The van der Waals surface area contributed by atoms with Crippen LogP contribution in [-0.4, -0.2) is 9.97 Å². The standard InChI is InChI=1S/C9H10N2S/c1-6(2)8-3-7-4-10-5-11-9(7)12-8/h3-6H,1-2H3/i4D. The van der Waals surface area contributed by atoms with Gasteiger partial charge in [0, 0.05) is 16.4 Å². The third kappa shape index (κ3) is 1.20. The maximum Gasteiger partial charge on any atom is 0.126 e. The number of aromatic nitrogens is 2. The van der Waals surface area contributed by atoms with Gasteiger partial charge >= 0.3 is 0 Å². The minimum Gasteiger partial charge on any atom is -0.244 e. The Morgan fingerprint density at radius 1 is 1.58 bits per heavy atom. The highest BCUT2D eigenvalue weighted by atomic mass is 32.1. The van der Waals surface area contributed by atoms with Crippen molar-refractivity contribution in [3.8, 4) is 0 Å². The van der Waals surface area contributed by atoms with Crippen LogP contribution in [0.2, 0.25) is 0 Å². The zero-order valence-corrected chi connectivity index (χ0v) is 7.85. The van der Waals surface area contributed by atoms with Gasteiger partial charge in [-0.1, -0.05) is 13.8 Å². The molecule has 62 valence electrons. The van der Waals surface area contributed by atoms with E-state index in [2.05, 4.69) is 23.8 Å². The van der Waals surface area contributed by atoms with E-state index in [0.29, 0.717) is 12.1 Å². The zero-order valence-electron chi connectivity index (χ0n) is 8.03. The summed E-state index contributed by atoms with van der Waals surface area (Å²) in [4.78, 5) is 10.2. The molecule has 0 aromatic carbocycles. The molecule has 0 bridgehead atoms. The summed E-state index contributed by atoms with van der Waals surface area (Å²) < 4.78 is 7.57. The fourth-order valence-electron chi connectivity index (χ4n) is 1.04. The van der Waals surface area contributed by atoms with Crippen molar-refractivity contribution in [3.63, 3.8) is 0 Å². The Bertz CT molecular complexity index is 436. The van der Waals surface area contributed by atoms with Crippen LogP contribution in [0.4, 0.5) is 0 Å². The van der Waals surface area contributed by atoms with E-state index in [9.17, 15) is 0 Å². The number of hydrogen-bond acceptors (Lipinski definition) is 3. The molecule has 0 amide bonds. The van der Waals surface area contributed by atoms with Crippen LogP contribution in [0.1, 0.15) is 26.0 Å². The molecule has 0 aliphatic heterocycles. The maximum atomic E-state index is 7.57. The van der Waals surface area contributed by atoms with Crippen LogP contribution in [0, 0.1) is 0 Å². The van der Waals surface area contributed by atoms with Gasteiger partial charge in [-0.3, -0.25) is 0 Å². The van der Waals surface area contributed by atoms with Crippen LogP contribution in [0.3, 0.4) is 0 Å². The molecule has 2 heterocycles. The summed E-state index contributed by atoms with van der Waals surface area (Å²) in [6, 6.07) is 2.02. The van der Waals surface area contributed by atoms with E-state index in [1.54, 1.807) is 11.3 Å². The van der Waals surface area contributed by atoms with Crippen molar-refractivity contribution < 1.29 is 1.37 Å². The normalized spacial score (nSPS) is 12.4. The topological polar surface area (TPSA) is 25.8 Å². The summed E-state index contributed by atoms with van der Waals surface area (Å²) in [5.41, 5.74) is 0. The molecule has 0 fully saturated rings. The SMILES string of the molecule is [2H]c1ncnc2sc(C(C)C)cc12. The Morgan fingerprint density at radius 2 is 2.42 bits per heavy atom. The molecule has 0 radical (unpaired) electrons. The van der Waals surface area contributed by atoms with E-state index in [-0.39, 0.29) is 0 Å². The van der Waals surface area contributed by atoms with Crippen LogP contribution in [-0.2, 0) is 0 Å². The lowest BCUT2D eigenvalue weighted by molar-refractivity contribution is 0.890. The molecule has 3 heteroatoms. The predicted molar refractivity (Wildman–Crippen MR) is 51.5 cm³/mol. The third-order valence-corrected chi connectivity index (χ3v) is 3.06. The molecule has 2 aromatic heterocycles. The smallest absolute Gasteiger partial charge is 0.126 e. The second kappa shape index (κ2) is 2.83. The number of fused-ring (bicyclic) bond motifs is 1. The van der Waals surface area contributed by atoms with Crippen LogP contribution in [0.5, 0.6) is 0 Å². The van der Waals surface area contributed by atoms with Gasteiger partial charge in [-0.05, 0) is 12.0 Å². The minimum absolute atomic E-state index is 0.327. The van der Waals surface area contributed by atoms with Gasteiger partial charge < -0.3 is 0 Å². The molecule has 2 aromatic rings. The van der Waals surface area contributed by atoms with Gasteiger partial charge in [0.25, 0.3) is 0 Å². The number of thiophene rings is 1. The van der Waals surface area contributed by atoms with Crippen molar-refractivity contribution in [1.82, 2.24) is 9.97 Å². The largest absolute Gasteiger partial charge is 0.244 e. The van der Waals surface area contributed by atoms with Crippen LogP contribution < -0.4 is 0 Å². The molecule has 0 spiro atoms. The van der Waals surface area contributed by atoms with Gasteiger partial charge in [0.2, 0.25) is 0 Å². The van der Waals surface area contributed by atoms with Gasteiger partial charge in [-0.2, -0.15) is 0 Å². The van der Waals surface area contributed by atoms with Gasteiger partial charge in [0.1, 0.15) is 11.2 Å². The molecule has 0 atom stereocenters. The van der Waals surface area contributed by atoms with E-state index in [0.717, 1.165) is 10.2 Å². The van der Waals surface area contributed by atoms with E-state index < -0.39 is 0 Å². The summed E-state index contributed by atoms with van der Waals surface area (Å²) >= 11 is 1.65. The molecule has 0 saturated carbocycles. The molecule has 2 nitrogen and oxygen atoms in total. The van der Waals surface area contributed by atoms with E-state index in [1.165, 1.54) is 11.2 Å². The Kier molecular flexibility index (Phi) is 1.54. The van der Waals surface area contributed by atoms with Crippen LogP contribution >= 0.6 is 11.3 Å². The summed E-state index contributed by atoms with van der Waals surface area (Å²) in [7, 11) is 0. The van der Waals surface area contributed by atoms with Gasteiger partial charge in [0.05, 0.1) is 1.37 Å². The molecular weight excluding hydrogens is 168 g/mol. The zero-order chi connectivity index (χ0) is 9.42. The Morgan fingerprint density at radius 3 is 3.08 bits per heavy atom. The highest BCUT2D eigenvalue weighted by Gasteiger charge is 2.04. The first-order chi connectivity index (χ1) is 6.18. The second-order valence-electron chi connectivity index (χ2n) is 3.01. The fourth-order valence-corrected chi connectivity index (χ4v) is 1.99. The van der Waals surface area contributed by atoms with Crippen molar-refractivity contribution >= 4 is 21.6 Å². The monoisotopic (exact) mass is 179 g/mol. The van der Waals surface area contributed by atoms with Crippen LogP contribution in [0.25, 0.3) is 10.2 Å². The third-order valence-electron chi connectivity index (χ3n) is 1.72. The Balaban J connectivity index is 2.68. The van der Waals surface area contributed by atoms with Crippen molar-refractivity contribution in [3.05, 3.63) is 23.4 Å². The average Bonchev–Trinajstić information content (AvgIpc) is 2.49. The minimum atomic E-state index is 0.327. The highest BCUT2D eigenvalue weighted by Crippen LogP contribution is 2.28. The van der Waals surface area contributed by atoms with Gasteiger partial charge in [-0.25, -0.2) is 9.97 Å². The molecular formula is C9H10N2S. The van der Waals surface area contributed by atoms with Crippen molar-refractivity contribution in [1.29, 1.82) is 0 Å². The molecule has 0 aliphatic rings. The lowest BCUT2D eigenvalue weighted by Gasteiger charge is -1.95. The highest BCUT2D eigenvalue weighted by molar-refractivity contribution is 7.18. The van der Waals surface area contributed by atoms with E-state index in [1.807, 2.05) is 6.07 Å². The summed E-state index contributed by atoms with van der Waals surface area (Å²) in [6.07, 6.45) is 1.78. The lowest BCUT2D eigenvalue weighted by Crippen LogP contribution is -1.77. The average molecular weight is 179 g/mol. The quantitative estimate of drug-likeness (QED) is 0.672. The molecule has 2 rings (SSSR count). The molecule has 0 unspecified atom stereocenters. The van der Waals surface area contributed by atoms with E-state index in [4.69, 9.17) is 1.37 Å². The van der Waals surface area contributed by atoms with Gasteiger partial charge in [0.15, 0.2) is 0 Å². The predicted octanol–water partition coefficient (Wildman–Crippen LogP) is 2.81. The first-order valence-corrected chi connectivity index (χ1v) is 4.71. The van der Waals surface area contributed by atoms with Crippen molar-refractivity contribution in [2.45, 2.75) is 19.8 Å². The number of nitrogens with zero attached hydrogens (tertiary/aromatic N) is 2. The van der Waals surface area contributed by atoms with Crippen molar-refractivity contribution in [2.75, 3.05) is 0 Å². The van der Waals surface area contributed by atoms with E-state index >= 15 is 0 Å². The Hall–Kier alpha value is -0.960. The molecule has 0 aliphatic carbocycles. The molecule has 0 N–H and O–H groups in total. The summed E-state index contributed by atoms with van der Waals surface area (Å²) in [5.74, 6) is 0.499. The Labute approximate surface area is 76.7 Å². The number of rotatable bonds is 1. The lowest BCUT2D eigenvalue weighted by atomic mass is 10.2. The van der Waals surface area contributed by atoms with Crippen molar-refractivity contribution in [2.24, 2.45) is 0 Å². The van der Waals surface area contributed by atoms with Gasteiger partial charge in [-0.15, -0.1) is 11.3 Å². The fraction of sp³-hybridized carbons (Fsp3) is 0.333. The summed E-state index contributed by atoms with van der Waals surface area (Å²) in [5, 5.41) is 0.871. The molecule has 0 saturated heterocycles.